The fraction of sp³-hybridized carbons (Fsp3) is 0.500. The van der Waals surface area contributed by atoms with Crippen molar-refractivity contribution in [3.8, 4) is 0 Å². The van der Waals surface area contributed by atoms with Crippen LogP contribution in [-0.2, 0) is 9.53 Å². The second-order valence-electron chi connectivity index (χ2n) is 4.73. The number of halogens is 2. The third kappa shape index (κ3) is 3.73. The van der Waals surface area contributed by atoms with E-state index in [2.05, 4.69) is 26.1 Å². The maximum absolute atomic E-state index is 12.2. The summed E-state index contributed by atoms with van der Waals surface area (Å²) in [4.78, 5) is 14.4. The first kappa shape index (κ1) is 15.8. The van der Waals surface area contributed by atoms with Crippen molar-refractivity contribution < 1.29 is 9.53 Å². The molecule has 1 unspecified atom stereocenters. The largest absolute Gasteiger partial charge is 0.468 e. The molecular weight excluding hydrogens is 344 g/mol. The van der Waals surface area contributed by atoms with E-state index in [0.29, 0.717) is 5.02 Å². The Bertz CT molecular complexity index is 476. The van der Waals surface area contributed by atoms with E-state index in [1.54, 1.807) is 6.07 Å². The molecule has 0 aliphatic carbocycles. The van der Waals surface area contributed by atoms with Crippen LogP contribution in [0, 0.1) is 0 Å². The molecule has 1 N–H and O–H groups in total. The summed E-state index contributed by atoms with van der Waals surface area (Å²) in [6.45, 7) is 3.50. The molecule has 0 amide bonds. The smallest absolute Gasteiger partial charge is 0.327 e. The minimum Gasteiger partial charge on any atom is -0.468 e. The van der Waals surface area contributed by atoms with Gasteiger partial charge >= 0.3 is 5.97 Å². The number of hydrogen-bond donors (Lipinski definition) is 1. The van der Waals surface area contributed by atoms with Crippen LogP contribution in [0.25, 0.3) is 0 Å². The van der Waals surface area contributed by atoms with E-state index in [0.717, 1.165) is 42.6 Å². The molecule has 110 valence electrons. The lowest BCUT2D eigenvalue weighted by Crippen LogP contribution is -2.37. The normalized spacial score (nSPS) is 18.4. The van der Waals surface area contributed by atoms with E-state index in [1.807, 2.05) is 12.1 Å². The lowest BCUT2D eigenvalue weighted by molar-refractivity contribution is -0.147. The summed E-state index contributed by atoms with van der Waals surface area (Å²) in [5.41, 5.74) is 0.853. The van der Waals surface area contributed by atoms with Crippen molar-refractivity contribution in [2.75, 3.05) is 33.3 Å². The van der Waals surface area contributed by atoms with Crippen LogP contribution in [0.5, 0.6) is 0 Å². The van der Waals surface area contributed by atoms with Gasteiger partial charge in [-0.3, -0.25) is 4.90 Å². The number of benzene rings is 1. The molecule has 1 aliphatic heterocycles. The molecule has 1 aromatic carbocycles. The summed E-state index contributed by atoms with van der Waals surface area (Å²) in [7, 11) is 1.42. The average molecular weight is 362 g/mol. The monoisotopic (exact) mass is 360 g/mol. The fourth-order valence-electron chi connectivity index (χ4n) is 2.43. The molecule has 0 radical (unpaired) electrons. The second-order valence-corrected chi connectivity index (χ2v) is 6.02. The van der Waals surface area contributed by atoms with Gasteiger partial charge in [0.05, 0.1) is 7.11 Å². The van der Waals surface area contributed by atoms with Crippen LogP contribution < -0.4 is 5.32 Å². The van der Waals surface area contributed by atoms with Gasteiger partial charge in [0.25, 0.3) is 0 Å². The molecule has 1 saturated heterocycles. The van der Waals surface area contributed by atoms with E-state index < -0.39 is 6.04 Å². The molecule has 2 rings (SSSR count). The quantitative estimate of drug-likeness (QED) is 0.840. The molecule has 0 aromatic heterocycles. The molecule has 0 saturated carbocycles. The van der Waals surface area contributed by atoms with Gasteiger partial charge in [0, 0.05) is 29.1 Å². The maximum Gasteiger partial charge on any atom is 0.327 e. The Kier molecular flexibility index (Phi) is 5.84. The lowest BCUT2D eigenvalue weighted by atomic mass is 10.0. The number of carbonyl (C=O) groups excluding carboxylic acids is 1. The van der Waals surface area contributed by atoms with E-state index in [1.165, 1.54) is 7.11 Å². The highest BCUT2D eigenvalue weighted by Crippen LogP contribution is 2.31. The number of nitrogens with zero attached hydrogens (tertiary/aromatic N) is 1. The van der Waals surface area contributed by atoms with Crippen LogP contribution >= 0.6 is 27.5 Å². The lowest BCUT2D eigenvalue weighted by Gasteiger charge is -2.29. The molecular formula is C14H18BrClN2O2. The second kappa shape index (κ2) is 7.41. The van der Waals surface area contributed by atoms with E-state index >= 15 is 0 Å². The number of esters is 1. The Balaban J connectivity index is 2.35. The Morgan fingerprint density at radius 3 is 3.00 bits per heavy atom. The van der Waals surface area contributed by atoms with Crippen LogP contribution in [0.4, 0.5) is 0 Å². The Morgan fingerprint density at radius 1 is 1.45 bits per heavy atom. The van der Waals surface area contributed by atoms with Gasteiger partial charge in [0.15, 0.2) is 0 Å². The topological polar surface area (TPSA) is 41.6 Å². The SMILES string of the molecule is COC(=O)C(c1cc(Cl)ccc1Br)N1CCCNCC1. The summed E-state index contributed by atoms with van der Waals surface area (Å²) in [5, 5.41) is 3.95. The summed E-state index contributed by atoms with van der Waals surface area (Å²) in [6.07, 6.45) is 1.01. The number of carbonyl (C=O) groups is 1. The van der Waals surface area contributed by atoms with Crippen molar-refractivity contribution >= 4 is 33.5 Å². The third-order valence-electron chi connectivity index (χ3n) is 3.42. The number of nitrogens with one attached hydrogen (secondary N) is 1. The molecule has 1 aliphatic rings. The highest BCUT2D eigenvalue weighted by atomic mass is 79.9. The Hall–Kier alpha value is -0.620. The van der Waals surface area contributed by atoms with Gasteiger partial charge in [-0.05, 0) is 36.7 Å². The summed E-state index contributed by atoms with van der Waals surface area (Å²) in [6, 6.07) is 5.07. The van der Waals surface area contributed by atoms with Gasteiger partial charge < -0.3 is 10.1 Å². The van der Waals surface area contributed by atoms with Crippen molar-refractivity contribution in [3.05, 3.63) is 33.3 Å². The molecule has 1 aromatic rings. The van der Waals surface area contributed by atoms with Crippen molar-refractivity contribution in [2.24, 2.45) is 0 Å². The van der Waals surface area contributed by atoms with Crippen LogP contribution in [0.3, 0.4) is 0 Å². The maximum atomic E-state index is 12.2. The van der Waals surface area contributed by atoms with Crippen molar-refractivity contribution in [3.63, 3.8) is 0 Å². The molecule has 4 nitrogen and oxygen atoms in total. The van der Waals surface area contributed by atoms with Gasteiger partial charge in [0.2, 0.25) is 0 Å². The van der Waals surface area contributed by atoms with Crippen LogP contribution in [-0.4, -0.2) is 44.2 Å². The first-order valence-electron chi connectivity index (χ1n) is 6.61. The van der Waals surface area contributed by atoms with Crippen LogP contribution in [0.2, 0.25) is 5.02 Å². The highest BCUT2D eigenvalue weighted by Gasteiger charge is 2.30. The minimum atomic E-state index is -0.423. The van der Waals surface area contributed by atoms with E-state index in [9.17, 15) is 4.79 Å². The average Bonchev–Trinajstić information content (AvgIpc) is 2.72. The molecule has 1 atom stereocenters. The Labute approximate surface area is 132 Å². The minimum absolute atomic E-state index is 0.255. The number of ether oxygens (including phenoxy) is 1. The third-order valence-corrected chi connectivity index (χ3v) is 4.37. The summed E-state index contributed by atoms with van der Waals surface area (Å²) < 4.78 is 5.86. The fourth-order valence-corrected chi connectivity index (χ4v) is 3.08. The van der Waals surface area contributed by atoms with Crippen molar-refractivity contribution in [1.82, 2.24) is 10.2 Å². The van der Waals surface area contributed by atoms with Crippen LogP contribution in [0.1, 0.15) is 18.0 Å². The van der Waals surface area contributed by atoms with E-state index in [4.69, 9.17) is 16.3 Å². The zero-order valence-electron chi connectivity index (χ0n) is 11.4. The molecule has 6 heteroatoms. The van der Waals surface area contributed by atoms with Gasteiger partial charge in [0.1, 0.15) is 6.04 Å². The predicted octanol–water partition coefficient (Wildman–Crippen LogP) is 2.61. The van der Waals surface area contributed by atoms with Gasteiger partial charge in [-0.25, -0.2) is 4.79 Å². The number of rotatable bonds is 3. The first-order valence-corrected chi connectivity index (χ1v) is 7.78. The number of hydrogen-bond acceptors (Lipinski definition) is 4. The first-order chi connectivity index (χ1) is 9.63. The highest BCUT2D eigenvalue weighted by molar-refractivity contribution is 9.10. The van der Waals surface area contributed by atoms with E-state index in [-0.39, 0.29) is 5.97 Å². The Morgan fingerprint density at radius 2 is 2.25 bits per heavy atom. The molecule has 1 heterocycles. The molecule has 0 spiro atoms. The molecule has 1 fully saturated rings. The standard InChI is InChI=1S/C14H18BrClN2O2/c1-20-14(19)13(18-7-2-5-17-6-8-18)11-9-10(16)3-4-12(11)15/h3-4,9,13,17H,2,5-8H2,1H3. The molecule has 20 heavy (non-hydrogen) atoms. The summed E-state index contributed by atoms with van der Waals surface area (Å²) >= 11 is 9.58. The summed E-state index contributed by atoms with van der Waals surface area (Å²) in [5.74, 6) is -0.255. The van der Waals surface area contributed by atoms with Crippen molar-refractivity contribution in [2.45, 2.75) is 12.5 Å². The zero-order chi connectivity index (χ0) is 14.5. The van der Waals surface area contributed by atoms with Gasteiger partial charge in [-0.1, -0.05) is 27.5 Å². The van der Waals surface area contributed by atoms with Crippen LogP contribution in [0.15, 0.2) is 22.7 Å². The van der Waals surface area contributed by atoms with Crippen molar-refractivity contribution in [1.29, 1.82) is 0 Å². The predicted molar refractivity (Wildman–Crippen MR) is 83.0 cm³/mol. The number of methoxy groups -OCH3 is 1. The van der Waals surface area contributed by atoms with Gasteiger partial charge in [-0.2, -0.15) is 0 Å². The molecule has 0 bridgehead atoms. The van der Waals surface area contributed by atoms with Gasteiger partial charge in [-0.15, -0.1) is 0 Å². The zero-order valence-corrected chi connectivity index (χ0v) is 13.7.